The highest BCUT2D eigenvalue weighted by molar-refractivity contribution is 5.82. The predicted octanol–water partition coefficient (Wildman–Crippen LogP) is 1.76. The Labute approximate surface area is 155 Å². The van der Waals surface area contributed by atoms with Gasteiger partial charge < -0.3 is 19.9 Å². The fraction of sp³-hybridized carbons (Fsp3) is 0.500. The van der Waals surface area contributed by atoms with E-state index in [9.17, 15) is 4.79 Å². The molecule has 0 bridgehead atoms. The SMILES string of the molecule is COCC1(C(=O)NCc2nccn2CCc2ccccc2)CCNCC1. The van der Waals surface area contributed by atoms with Gasteiger partial charge in [-0.15, -0.1) is 0 Å². The lowest BCUT2D eigenvalue weighted by atomic mass is 9.78. The summed E-state index contributed by atoms with van der Waals surface area (Å²) in [5.74, 6) is 0.953. The highest BCUT2D eigenvalue weighted by Gasteiger charge is 2.39. The molecule has 1 aliphatic heterocycles. The van der Waals surface area contributed by atoms with Crippen LogP contribution in [0.1, 0.15) is 24.2 Å². The average Bonchev–Trinajstić information content (AvgIpc) is 3.13. The van der Waals surface area contributed by atoms with Gasteiger partial charge in [0.2, 0.25) is 5.91 Å². The molecule has 3 rings (SSSR count). The van der Waals surface area contributed by atoms with Gasteiger partial charge in [-0.2, -0.15) is 0 Å². The second-order valence-corrected chi connectivity index (χ2v) is 6.92. The van der Waals surface area contributed by atoms with Crippen molar-refractivity contribution in [3.8, 4) is 0 Å². The first kappa shape index (κ1) is 18.6. The van der Waals surface area contributed by atoms with Crippen LogP contribution in [0.15, 0.2) is 42.7 Å². The minimum Gasteiger partial charge on any atom is -0.384 e. The molecule has 1 fully saturated rings. The topological polar surface area (TPSA) is 68.2 Å². The number of aryl methyl sites for hydroxylation is 2. The number of methoxy groups -OCH3 is 1. The largest absolute Gasteiger partial charge is 0.384 e. The fourth-order valence-corrected chi connectivity index (χ4v) is 3.57. The Kier molecular flexibility index (Phi) is 6.41. The lowest BCUT2D eigenvalue weighted by Gasteiger charge is -2.35. The summed E-state index contributed by atoms with van der Waals surface area (Å²) in [7, 11) is 1.66. The third-order valence-electron chi connectivity index (χ3n) is 5.16. The monoisotopic (exact) mass is 356 g/mol. The molecule has 6 heteroatoms. The number of hydrogen-bond acceptors (Lipinski definition) is 4. The summed E-state index contributed by atoms with van der Waals surface area (Å²) in [6.45, 7) is 3.45. The van der Waals surface area contributed by atoms with Crippen LogP contribution in [-0.4, -0.2) is 42.3 Å². The Morgan fingerprint density at radius 1 is 1.31 bits per heavy atom. The van der Waals surface area contributed by atoms with Crippen LogP contribution in [0.25, 0.3) is 0 Å². The van der Waals surface area contributed by atoms with Crippen LogP contribution >= 0.6 is 0 Å². The van der Waals surface area contributed by atoms with Gasteiger partial charge in [0.1, 0.15) is 5.82 Å². The number of carbonyl (C=O) groups excluding carboxylic acids is 1. The molecule has 26 heavy (non-hydrogen) atoms. The normalized spacial score (nSPS) is 16.3. The molecule has 0 atom stereocenters. The van der Waals surface area contributed by atoms with E-state index in [0.717, 1.165) is 44.7 Å². The summed E-state index contributed by atoms with van der Waals surface area (Å²) in [6, 6.07) is 10.4. The lowest BCUT2D eigenvalue weighted by Crippen LogP contribution is -2.50. The molecule has 1 aliphatic rings. The number of rotatable bonds is 8. The molecule has 2 heterocycles. The second-order valence-electron chi connectivity index (χ2n) is 6.92. The van der Waals surface area contributed by atoms with Crippen molar-refractivity contribution in [2.24, 2.45) is 5.41 Å². The number of piperidine rings is 1. The lowest BCUT2D eigenvalue weighted by molar-refractivity contribution is -0.136. The minimum atomic E-state index is -0.429. The minimum absolute atomic E-state index is 0.0680. The standard InChI is InChI=1S/C20H28N4O2/c1-26-16-20(8-10-21-11-9-20)19(25)23-15-18-22-12-14-24(18)13-7-17-5-3-2-4-6-17/h2-6,12,14,21H,7-11,13,15-16H2,1H3,(H,23,25). The van der Waals surface area contributed by atoms with Crippen LogP contribution in [0.5, 0.6) is 0 Å². The quantitative estimate of drug-likeness (QED) is 0.756. The summed E-state index contributed by atoms with van der Waals surface area (Å²) in [6.07, 6.45) is 6.31. The first-order valence-corrected chi connectivity index (χ1v) is 9.25. The molecule has 140 valence electrons. The molecule has 1 amide bonds. The Hall–Kier alpha value is -2.18. The third-order valence-corrected chi connectivity index (χ3v) is 5.16. The van der Waals surface area contributed by atoms with Gasteiger partial charge in [0.25, 0.3) is 0 Å². The van der Waals surface area contributed by atoms with Gasteiger partial charge >= 0.3 is 0 Å². The maximum absolute atomic E-state index is 12.8. The van der Waals surface area contributed by atoms with Crippen molar-refractivity contribution in [2.75, 3.05) is 26.8 Å². The zero-order valence-corrected chi connectivity index (χ0v) is 15.4. The Bertz CT molecular complexity index is 687. The summed E-state index contributed by atoms with van der Waals surface area (Å²) in [5, 5.41) is 6.40. The summed E-state index contributed by atoms with van der Waals surface area (Å²) in [5.41, 5.74) is 0.867. The first-order valence-electron chi connectivity index (χ1n) is 9.25. The molecule has 1 aromatic heterocycles. The number of nitrogens with one attached hydrogen (secondary N) is 2. The molecule has 1 aromatic carbocycles. The first-order chi connectivity index (χ1) is 12.7. The van der Waals surface area contributed by atoms with Crippen molar-refractivity contribution in [1.82, 2.24) is 20.2 Å². The maximum atomic E-state index is 12.8. The number of aromatic nitrogens is 2. The number of ether oxygens (including phenoxy) is 1. The number of imidazole rings is 1. The van der Waals surface area contributed by atoms with Crippen LogP contribution in [0.2, 0.25) is 0 Å². The van der Waals surface area contributed by atoms with Crippen molar-refractivity contribution in [3.63, 3.8) is 0 Å². The van der Waals surface area contributed by atoms with E-state index in [-0.39, 0.29) is 5.91 Å². The molecular formula is C20H28N4O2. The predicted molar refractivity (Wildman–Crippen MR) is 101 cm³/mol. The van der Waals surface area contributed by atoms with Crippen LogP contribution < -0.4 is 10.6 Å². The molecule has 0 saturated carbocycles. The zero-order chi connectivity index (χ0) is 18.2. The van der Waals surface area contributed by atoms with Crippen molar-refractivity contribution in [3.05, 3.63) is 54.1 Å². The molecule has 1 saturated heterocycles. The molecule has 0 unspecified atom stereocenters. The highest BCUT2D eigenvalue weighted by atomic mass is 16.5. The Morgan fingerprint density at radius 3 is 2.81 bits per heavy atom. The van der Waals surface area contributed by atoms with Gasteiger partial charge in [-0.1, -0.05) is 30.3 Å². The summed E-state index contributed by atoms with van der Waals surface area (Å²) < 4.78 is 7.45. The van der Waals surface area contributed by atoms with Crippen LogP contribution in [-0.2, 0) is 29.0 Å². The summed E-state index contributed by atoms with van der Waals surface area (Å²) >= 11 is 0. The number of nitrogens with zero attached hydrogens (tertiary/aromatic N) is 2. The smallest absolute Gasteiger partial charge is 0.229 e. The van der Waals surface area contributed by atoms with Gasteiger partial charge in [-0.25, -0.2) is 4.98 Å². The maximum Gasteiger partial charge on any atom is 0.229 e. The fourth-order valence-electron chi connectivity index (χ4n) is 3.57. The molecule has 0 aliphatic carbocycles. The molecule has 2 N–H and O–H groups in total. The van der Waals surface area contributed by atoms with Gasteiger partial charge in [0, 0.05) is 26.0 Å². The van der Waals surface area contributed by atoms with E-state index < -0.39 is 5.41 Å². The average molecular weight is 356 g/mol. The molecule has 2 aromatic rings. The Balaban J connectivity index is 1.57. The van der Waals surface area contributed by atoms with Gasteiger partial charge in [-0.3, -0.25) is 4.79 Å². The van der Waals surface area contributed by atoms with E-state index in [1.807, 2.05) is 12.3 Å². The number of benzene rings is 1. The van der Waals surface area contributed by atoms with Crippen molar-refractivity contribution in [1.29, 1.82) is 0 Å². The van der Waals surface area contributed by atoms with E-state index in [0.29, 0.717) is 13.2 Å². The third kappa shape index (κ3) is 4.51. The van der Waals surface area contributed by atoms with Crippen molar-refractivity contribution in [2.45, 2.75) is 32.4 Å². The van der Waals surface area contributed by atoms with E-state index >= 15 is 0 Å². The van der Waals surface area contributed by atoms with E-state index in [4.69, 9.17) is 4.74 Å². The van der Waals surface area contributed by atoms with Crippen molar-refractivity contribution >= 4 is 5.91 Å². The molecule has 6 nitrogen and oxygen atoms in total. The number of hydrogen-bond donors (Lipinski definition) is 2. The van der Waals surface area contributed by atoms with Crippen molar-refractivity contribution < 1.29 is 9.53 Å². The number of amides is 1. The van der Waals surface area contributed by atoms with Crippen LogP contribution in [0.4, 0.5) is 0 Å². The van der Waals surface area contributed by atoms with Gasteiger partial charge in [0.05, 0.1) is 18.6 Å². The van der Waals surface area contributed by atoms with Crippen LogP contribution in [0.3, 0.4) is 0 Å². The Morgan fingerprint density at radius 2 is 2.08 bits per heavy atom. The second kappa shape index (κ2) is 8.96. The molecule has 0 radical (unpaired) electrons. The highest BCUT2D eigenvalue weighted by Crippen LogP contribution is 2.29. The van der Waals surface area contributed by atoms with E-state index in [1.165, 1.54) is 5.56 Å². The van der Waals surface area contributed by atoms with E-state index in [1.54, 1.807) is 13.3 Å². The van der Waals surface area contributed by atoms with E-state index in [2.05, 4.69) is 44.5 Å². The summed E-state index contributed by atoms with van der Waals surface area (Å²) in [4.78, 5) is 17.3. The number of carbonyl (C=O) groups is 1. The van der Waals surface area contributed by atoms with Crippen LogP contribution in [0, 0.1) is 5.41 Å². The van der Waals surface area contributed by atoms with Gasteiger partial charge in [-0.05, 0) is 37.9 Å². The molecular weight excluding hydrogens is 328 g/mol. The zero-order valence-electron chi connectivity index (χ0n) is 15.4. The molecule has 0 spiro atoms. The van der Waals surface area contributed by atoms with Gasteiger partial charge in [0.15, 0.2) is 0 Å².